The molecule has 0 saturated carbocycles. The highest BCUT2D eigenvalue weighted by atomic mass is 127. The molecular formula is C11H10FIN4O2S. The second-order valence-corrected chi connectivity index (χ2v) is 9.11. The number of halogens is 2. The molecule has 0 unspecified atom stereocenters. The molecule has 20 heavy (non-hydrogen) atoms. The number of fused-ring (bicyclic) bond motifs is 1. The summed E-state index contributed by atoms with van der Waals surface area (Å²) in [5, 5.41) is 0.628. The fourth-order valence-electron chi connectivity index (χ4n) is 2.19. The molecule has 0 bridgehead atoms. The second kappa shape index (κ2) is 5.04. The van der Waals surface area contributed by atoms with E-state index >= 15 is 0 Å². The van der Waals surface area contributed by atoms with Crippen LogP contribution in [0.15, 0.2) is 24.5 Å². The van der Waals surface area contributed by atoms with Gasteiger partial charge in [-0.1, -0.05) is 0 Å². The van der Waals surface area contributed by atoms with Gasteiger partial charge in [0.1, 0.15) is 18.0 Å². The van der Waals surface area contributed by atoms with E-state index < -0.39 is 7.19 Å². The number of anilines is 1. The standard InChI is InChI=1S/C11H10FIN4O2S/c12-7-1-2-10-9(3-7)11(15-6-14-10)17-4-8(5-17)16-20(13,18)19/h1-3,6,8,16H,4-5H2. The van der Waals surface area contributed by atoms with Gasteiger partial charge in [-0.25, -0.2) is 27.5 Å². The van der Waals surface area contributed by atoms with Gasteiger partial charge in [0.25, 0.3) is 7.19 Å². The molecule has 0 aliphatic carbocycles. The largest absolute Gasteiger partial charge is 0.353 e. The third-order valence-electron chi connectivity index (χ3n) is 3.06. The van der Waals surface area contributed by atoms with Crippen molar-refractivity contribution in [1.82, 2.24) is 14.7 Å². The number of nitrogens with zero attached hydrogens (tertiary/aromatic N) is 3. The van der Waals surface area contributed by atoms with Crippen LogP contribution in [0.25, 0.3) is 10.9 Å². The SMILES string of the molecule is O=S(=O)(I)NC1CN(c2ncnc3ccc(F)cc23)C1. The fraction of sp³-hybridized carbons (Fsp3) is 0.273. The third-order valence-corrected chi connectivity index (χ3v) is 4.44. The predicted octanol–water partition coefficient (Wildman–Crippen LogP) is 1.23. The summed E-state index contributed by atoms with van der Waals surface area (Å²) in [5.74, 6) is 0.275. The van der Waals surface area contributed by atoms with E-state index in [9.17, 15) is 12.8 Å². The van der Waals surface area contributed by atoms with Crippen molar-refractivity contribution >= 4 is 45.1 Å². The van der Waals surface area contributed by atoms with Crippen LogP contribution in [-0.2, 0) is 7.19 Å². The first kappa shape index (κ1) is 13.9. The number of benzene rings is 1. The van der Waals surface area contributed by atoms with Crippen LogP contribution in [0.4, 0.5) is 10.2 Å². The average Bonchev–Trinajstić information content (AvgIpc) is 2.32. The summed E-state index contributed by atoms with van der Waals surface area (Å²) < 4.78 is 38.1. The van der Waals surface area contributed by atoms with Gasteiger partial charge in [-0.15, -0.1) is 0 Å². The minimum atomic E-state index is -3.24. The van der Waals surface area contributed by atoms with Gasteiger partial charge in [-0.05, 0) is 18.2 Å². The Labute approximate surface area is 127 Å². The van der Waals surface area contributed by atoms with E-state index in [2.05, 4.69) is 14.7 Å². The first-order valence-electron chi connectivity index (χ1n) is 5.79. The van der Waals surface area contributed by atoms with E-state index in [4.69, 9.17) is 0 Å². The Hall–Kier alpha value is -1.07. The number of hydrogen-bond donors (Lipinski definition) is 1. The highest BCUT2D eigenvalue weighted by molar-refractivity contribution is 14.2. The average molecular weight is 408 g/mol. The summed E-state index contributed by atoms with van der Waals surface area (Å²) >= 11 is 1.36. The molecule has 9 heteroatoms. The summed E-state index contributed by atoms with van der Waals surface area (Å²) in [7, 11) is -3.24. The van der Waals surface area contributed by atoms with Crippen LogP contribution < -0.4 is 9.62 Å². The van der Waals surface area contributed by atoms with E-state index in [1.807, 2.05) is 4.90 Å². The molecule has 2 heterocycles. The van der Waals surface area contributed by atoms with Crippen molar-refractivity contribution in [3.63, 3.8) is 0 Å². The second-order valence-electron chi connectivity index (χ2n) is 4.52. The van der Waals surface area contributed by atoms with Gasteiger partial charge in [0, 0.05) is 18.5 Å². The molecule has 1 aromatic carbocycles. The summed E-state index contributed by atoms with van der Waals surface area (Å²) in [5.41, 5.74) is 0.661. The summed E-state index contributed by atoms with van der Waals surface area (Å²) in [4.78, 5) is 10.1. The Morgan fingerprint density at radius 2 is 2.10 bits per heavy atom. The van der Waals surface area contributed by atoms with E-state index in [1.54, 1.807) is 6.07 Å². The van der Waals surface area contributed by atoms with Crippen molar-refractivity contribution in [2.45, 2.75) is 6.04 Å². The van der Waals surface area contributed by atoms with Gasteiger partial charge < -0.3 is 4.90 Å². The first-order valence-corrected chi connectivity index (χ1v) is 9.82. The molecule has 106 valence electrons. The van der Waals surface area contributed by atoms with Crippen LogP contribution in [0.1, 0.15) is 0 Å². The molecule has 0 atom stereocenters. The zero-order chi connectivity index (χ0) is 14.3. The fourth-order valence-corrected chi connectivity index (χ4v) is 3.82. The van der Waals surface area contributed by atoms with Crippen molar-refractivity contribution < 1.29 is 12.8 Å². The number of aromatic nitrogens is 2. The molecule has 0 amide bonds. The lowest BCUT2D eigenvalue weighted by Crippen LogP contribution is -2.59. The molecule has 0 radical (unpaired) electrons. The lowest BCUT2D eigenvalue weighted by molar-refractivity contribution is 0.473. The molecule has 6 nitrogen and oxygen atoms in total. The Bertz CT molecular complexity index is 764. The molecule has 1 aliphatic heterocycles. The Morgan fingerprint density at radius 3 is 2.80 bits per heavy atom. The van der Waals surface area contributed by atoms with Crippen LogP contribution in [0.5, 0.6) is 0 Å². The highest BCUT2D eigenvalue weighted by Crippen LogP contribution is 2.27. The van der Waals surface area contributed by atoms with Gasteiger partial charge in [-0.2, -0.15) is 0 Å². The van der Waals surface area contributed by atoms with Crippen molar-refractivity contribution in [3.05, 3.63) is 30.3 Å². The van der Waals surface area contributed by atoms with E-state index in [1.165, 1.54) is 39.7 Å². The normalized spacial score (nSPS) is 16.4. The van der Waals surface area contributed by atoms with Crippen molar-refractivity contribution in [2.24, 2.45) is 0 Å². The Kier molecular flexibility index (Phi) is 3.50. The maximum absolute atomic E-state index is 13.3. The summed E-state index contributed by atoms with van der Waals surface area (Å²) in [6.45, 7) is 1.01. The molecule has 1 fully saturated rings. The number of rotatable bonds is 3. The number of nitrogens with one attached hydrogen (secondary N) is 1. The zero-order valence-electron chi connectivity index (χ0n) is 10.1. The Balaban J connectivity index is 1.84. The Morgan fingerprint density at radius 1 is 1.35 bits per heavy atom. The van der Waals surface area contributed by atoms with Crippen LogP contribution in [0.3, 0.4) is 0 Å². The van der Waals surface area contributed by atoms with Crippen molar-refractivity contribution in [3.8, 4) is 0 Å². The van der Waals surface area contributed by atoms with Crippen molar-refractivity contribution in [2.75, 3.05) is 18.0 Å². The quantitative estimate of drug-likeness (QED) is 0.611. The molecule has 1 aliphatic rings. The third kappa shape index (κ3) is 2.83. The summed E-state index contributed by atoms with van der Waals surface area (Å²) in [6.07, 6.45) is 1.42. The van der Waals surface area contributed by atoms with Crippen molar-refractivity contribution in [1.29, 1.82) is 0 Å². The van der Waals surface area contributed by atoms with Gasteiger partial charge in [0.15, 0.2) is 0 Å². The molecule has 1 N–H and O–H groups in total. The van der Waals surface area contributed by atoms with Crippen LogP contribution >= 0.6 is 21.2 Å². The van der Waals surface area contributed by atoms with Crippen LogP contribution in [-0.4, -0.2) is 37.5 Å². The number of hydrogen-bond acceptors (Lipinski definition) is 5. The van der Waals surface area contributed by atoms with Gasteiger partial charge in [-0.3, -0.25) is 0 Å². The maximum atomic E-state index is 13.3. The predicted molar refractivity (Wildman–Crippen MR) is 81.6 cm³/mol. The zero-order valence-corrected chi connectivity index (χ0v) is 13.1. The molecule has 2 aromatic rings. The molecule has 1 aromatic heterocycles. The van der Waals surface area contributed by atoms with Crippen LogP contribution in [0, 0.1) is 5.82 Å². The lowest BCUT2D eigenvalue weighted by atomic mass is 10.1. The summed E-state index contributed by atoms with van der Waals surface area (Å²) in [6, 6.07) is 4.19. The molecule has 1 saturated heterocycles. The lowest BCUT2D eigenvalue weighted by Gasteiger charge is -2.40. The first-order chi connectivity index (χ1) is 9.42. The van der Waals surface area contributed by atoms with Crippen LogP contribution in [0.2, 0.25) is 0 Å². The molecule has 0 spiro atoms. The van der Waals surface area contributed by atoms with Gasteiger partial charge >= 0.3 is 0 Å². The van der Waals surface area contributed by atoms with E-state index in [0.29, 0.717) is 29.8 Å². The smallest absolute Gasteiger partial charge is 0.265 e. The van der Waals surface area contributed by atoms with E-state index in [-0.39, 0.29) is 11.9 Å². The topological polar surface area (TPSA) is 75.2 Å². The van der Waals surface area contributed by atoms with E-state index in [0.717, 1.165) is 0 Å². The highest BCUT2D eigenvalue weighted by Gasteiger charge is 2.31. The molecular weight excluding hydrogens is 398 g/mol. The maximum Gasteiger partial charge on any atom is 0.265 e. The van der Waals surface area contributed by atoms with Gasteiger partial charge in [0.05, 0.1) is 32.8 Å². The minimum absolute atomic E-state index is 0.143. The van der Waals surface area contributed by atoms with Gasteiger partial charge in [0.2, 0.25) is 0 Å². The minimum Gasteiger partial charge on any atom is -0.353 e. The monoisotopic (exact) mass is 408 g/mol. The molecule has 3 rings (SSSR count).